The Balaban J connectivity index is 1.54. The number of sulfone groups is 1. The number of nitrogens with zero attached hydrogens (tertiary/aromatic N) is 2. The fraction of sp³-hybridized carbons (Fsp3) is 0.300. The van der Waals surface area contributed by atoms with E-state index in [9.17, 15) is 18.0 Å². The molecule has 4 rings (SSSR count). The van der Waals surface area contributed by atoms with Crippen LogP contribution in [0.5, 0.6) is 0 Å². The van der Waals surface area contributed by atoms with E-state index >= 15 is 0 Å². The van der Waals surface area contributed by atoms with Crippen LogP contribution in [0.1, 0.15) is 18.9 Å². The number of carbonyl (C=O) groups excluding carboxylic acids is 1. The highest BCUT2D eigenvalue weighted by Crippen LogP contribution is 2.32. The second kappa shape index (κ2) is 6.63. The molecule has 0 radical (unpaired) electrons. The number of anilines is 1. The second-order valence-electron chi connectivity index (χ2n) is 7.07. The minimum absolute atomic E-state index is 0.00236. The Morgan fingerprint density at radius 3 is 2.75 bits per heavy atom. The van der Waals surface area contributed by atoms with Gasteiger partial charge in [-0.3, -0.25) is 9.36 Å². The quantitative estimate of drug-likeness (QED) is 0.670. The average Bonchev–Trinajstić information content (AvgIpc) is 3.15. The highest BCUT2D eigenvalue weighted by atomic mass is 32.2. The zero-order valence-electron chi connectivity index (χ0n) is 15.6. The predicted octanol–water partition coefficient (Wildman–Crippen LogP) is 2.27. The smallest absolute Gasteiger partial charge is 0.408 e. The Kier molecular flexibility index (Phi) is 4.38. The number of aryl methyl sites for hydroxylation is 1. The third-order valence-electron chi connectivity index (χ3n) is 5.18. The molecule has 8 heteroatoms. The van der Waals surface area contributed by atoms with E-state index in [0.717, 1.165) is 17.7 Å². The Hall–Kier alpha value is -2.87. The van der Waals surface area contributed by atoms with Gasteiger partial charge in [-0.25, -0.2) is 13.2 Å². The van der Waals surface area contributed by atoms with Crippen molar-refractivity contribution in [2.45, 2.75) is 30.7 Å². The molecule has 1 amide bonds. The molecule has 1 aliphatic rings. The fourth-order valence-corrected chi connectivity index (χ4v) is 4.95. The van der Waals surface area contributed by atoms with Crippen LogP contribution < -0.4 is 10.7 Å². The molecule has 0 fully saturated rings. The van der Waals surface area contributed by atoms with E-state index in [1.54, 1.807) is 11.9 Å². The van der Waals surface area contributed by atoms with Crippen molar-refractivity contribution in [1.29, 1.82) is 0 Å². The molecular weight excluding hydrogens is 380 g/mol. The summed E-state index contributed by atoms with van der Waals surface area (Å²) in [6, 6.07) is 12.0. The number of hydrogen-bond donors (Lipinski definition) is 0. The molecule has 0 saturated heterocycles. The van der Waals surface area contributed by atoms with Crippen molar-refractivity contribution >= 4 is 32.5 Å². The van der Waals surface area contributed by atoms with Crippen LogP contribution >= 0.6 is 0 Å². The second-order valence-corrected chi connectivity index (χ2v) is 9.18. The highest BCUT2D eigenvalue weighted by Gasteiger charge is 2.31. The van der Waals surface area contributed by atoms with Crippen molar-refractivity contribution in [3.8, 4) is 0 Å². The molecular formula is C20H20N2O5S. The average molecular weight is 400 g/mol. The van der Waals surface area contributed by atoms with Gasteiger partial charge in [0.25, 0.3) is 0 Å². The molecule has 2 aromatic carbocycles. The summed E-state index contributed by atoms with van der Waals surface area (Å²) in [7, 11) is -2.14. The van der Waals surface area contributed by atoms with Gasteiger partial charge in [0.1, 0.15) is 0 Å². The van der Waals surface area contributed by atoms with Gasteiger partial charge in [-0.05, 0) is 37.1 Å². The van der Waals surface area contributed by atoms with Crippen LogP contribution in [0.15, 0.2) is 56.6 Å². The van der Waals surface area contributed by atoms with Crippen LogP contribution in [0.2, 0.25) is 0 Å². The van der Waals surface area contributed by atoms with Gasteiger partial charge < -0.3 is 9.32 Å². The van der Waals surface area contributed by atoms with Gasteiger partial charge in [-0.2, -0.15) is 0 Å². The largest absolute Gasteiger partial charge is 0.419 e. The molecule has 1 aliphatic heterocycles. The molecule has 2 heterocycles. The van der Waals surface area contributed by atoms with Crippen molar-refractivity contribution in [2.24, 2.45) is 7.05 Å². The minimum atomic E-state index is -3.69. The number of oxazole rings is 1. The minimum Gasteiger partial charge on any atom is -0.408 e. The third-order valence-corrected chi connectivity index (χ3v) is 6.90. The Morgan fingerprint density at radius 1 is 1.21 bits per heavy atom. The molecule has 28 heavy (non-hydrogen) atoms. The van der Waals surface area contributed by atoms with Crippen molar-refractivity contribution in [3.63, 3.8) is 0 Å². The topological polar surface area (TPSA) is 89.6 Å². The van der Waals surface area contributed by atoms with E-state index in [0.29, 0.717) is 5.52 Å². The lowest BCUT2D eigenvalue weighted by atomic mass is 10.1. The molecule has 1 atom stereocenters. The van der Waals surface area contributed by atoms with E-state index < -0.39 is 15.6 Å². The first-order chi connectivity index (χ1) is 13.3. The number of aromatic nitrogens is 1. The Labute approximate surface area is 162 Å². The summed E-state index contributed by atoms with van der Waals surface area (Å²) in [6.45, 7) is 1.96. The number of para-hydroxylation sites is 1. The maximum Gasteiger partial charge on any atom is 0.419 e. The van der Waals surface area contributed by atoms with E-state index in [1.165, 1.54) is 22.8 Å². The highest BCUT2D eigenvalue weighted by molar-refractivity contribution is 7.91. The summed E-state index contributed by atoms with van der Waals surface area (Å²) in [4.78, 5) is 26.1. The first-order valence-corrected chi connectivity index (χ1v) is 10.7. The first kappa shape index (κ1) is 18.5. The van der Waals surface area contributed by atoms with Crippen LogP contribution in [0, 0.1) is 0 Å². The van der Waals surface area contributed by atoms with Gasteiger partial charge in [0.05, 0.1) is 16.2 Å². The lowest BCUT2D eigenvalue weighted by Crippen LogP contribution is -2.36. The first-order valence-electron chi connectivity index (χ1n) is 9.00. The number of rotatable bonds is 4. The van der Waals surface area contributed by atoms with Crippen molar-refractivity contribution < 1.29 is 17.6 Å². The monoisotopic (exact) mass is 400 g/mol. The maximum atomic E-state index is 12.8. The number of fused-ring (bicyclic) bond motifs is 2. The van der Waals surface area contributed by atoms with Crippen LogP contribution in [-0.2, 0) is 28.1 Å². The zero-order chi connectivity index (χ0) is 20.1. The van der Waals surface area contributed by atoms with Crippen LogP contribution in [0.3, 0.4) is 0 Å². The van der Waals surface area contributed by atoms with E-state index in [2.05, 4.69) is 0 Å². The van der Waals surface area contributed by atoms with Gasteiger partial charge in [-0.15, -0.1) is 0 Å². The standard InChI is InChI=1S/C20H20N2O5S/c1-13-11-14-5-3-4-6-16(14)22(13)19(23)9-10-28(25,26)15-7-8-17-18(12-15)27-20(24)21(17)2/h3-8,12-13H,9-11H2,1-2H3/t13-/m1/s1. The Bertz CT molecular complexity index is 1240. The zero-order valence-corrected chi connectivity index (χ0v) is 16.4. The number of amides is 1. The van der Waals surface area contributed by atoms with Crippen molar-refractivity contribution in [2.75, 3.05) is 10.7 Å². The van der Waals surface area contributed by atoms with Crippen molar-refractivity contribution in [1.82, 2.24) is 4.57 Å². The molecule has 1 aromatic heterocycles. The summed E-state index contributed by atoms with van der Waals surface area (Å²) in [5.74, 6) is -1.07. The molecule has 0 saturated carbocycles. The molecule has 3 aromatic rings. The normalized spacial score (nSPS) is 16.5. The molecule has 0 unspecified atom stereocenters. The molecule has 0 N–H and O–H groups in total. The predicted molar refractivity (Wildman–Crippen MR) is 105 cm³/mol. The SMILES string of the molecule is C[C@@H]1Cc2ccccc2N1C(=O)CCS(=O)(=O)c1ccc2c(c1)oc(=O)n2C. The van der Waals surface area contributed by atoms with Gasteiger partial charge in [-0.1, -0.05) is 18.2 Å². The Morgan fingerprint density at radius 2 is 1.96 bits per heavy atom. The van der Waals surface area contributed by atoms with Gasteiger partial charge in [0, 0.05) is 31.3 Å². The fourth-order valence-electron chi connectivity index (χ4n) is 3.71. The lowest BCUT2D eigenvalue weighted by molar-refractivity contribution is -0.118. The van der Waals surface area contributed by atoms with Crippen LogP contribution in [-0.4, -0.2) is 30.7 Å². The molecule has 146 valence electrons. The molecule has 7 nitrogen and oxygen atoms in total. The van der Waals surface area contributed by atoms with E-state index in [4.69, 9.17) is 4.42 Å². The van der Waals surface area contributed by atoms with E-state index in [-0.39, 0.29) is 34.6 Å². The third kappa shape index (κ3) is 3.03. The molecule has 0 bridgehead atoms. The maximum absolute atomic E-state index is 12.8. The van der Waals surface area contributed by atoms with Gasteiger partial charge in [0.15, 0.2) is 15.4 Å². The molecule has 0 spiro atoms. The summed E-state index contributed by atoms with van der Waals surface area (Å²) in [5, 5.41) is 0. The van der Waals surface area contributed by atoms with Gasteiger partial charge in [0.2, 0.25) is 5.91 Å². The van der Waals surface area contributed by atoms with E-state index in [1.807, 2.05) is 31.2 Å². The summed E-state index contributed by atoms with van der Waals surface area (Å²) < 4.78 is 31.8. The summed E-state index contributed by atoms with van der Waals surface area (Å²) in [5.41, 5.74) is 2.67. The molecule has 0 aliphatic carbocycles. The summed E-state index contributed by atoms with van der Waals surface area (Å²) in [6.07, 6.45) is 0.649. The van der Waals surface area contributed by atoms with Crippen molar-refractivity contribution in [3.05, 3.63) is 58.6 Å². The number of hydrogen-bond acceptors (Lipinski definition) is 5. The lowest BCUT2D eigenvalue weighted by Gasteiger charge is -2.22. The van der Waals surface area contributed by atoms with Crippen LogP contribution in [0.4, 0.5) is 5.69 Å². The summed E-state index contributed by atoms with van der Waals surface area (Å²) >= 11 is 0. The van der Waals surface area contributed by atoms with Crippen LogP contribution in [0.25, 0.3) is 11.1 Å². The van der Waals surface area contributed by atoms with Gasteiger partial charge >= 0.3 is 5.76 Å². The number of benzene rings is 2. The number of carbonyl (C=O) groups is 1.